The van der Waals surface area contributed by atoms with Gasteiger partial charge in [0.15, 0.2) is 0 Å². The highest BCUT2D eigenvalue weighted by Gasteiger charge is 2.44. The molecule has 0 spiro atoms. The van der Waals surface area contributed by atoms with Gasteiger partial charge in [0.25, 0.3) is 5.91 Å². The number of hydrogen-bond acceptors (Lipinski definition) is 4. The molecule has 5 nitrogen and oxygen atoms in total. The number of aromatic nitrogens is 2. The molecule has 0 aromatic carbocycles. The molecule has 2 aliphatic rings. The fraction of sp³-hybridized carbons (Fsp3) is 0.333. The summed E-state index contributed by atoms with van der Waals surface area (Å²) in [5, 5.41) is 0. The Hall–Kier alpha value is -2.44. The standard InChI is InChI=1S/C21H22N4OS/c1-15-7-8-17(27-15)12-23-13-19-20(14-23)25(11-16-5-2-3-9-22-16)21(26)18-6-4-10-24(18)19/h2-10,19-20H,11-14H2,1H3/t19-,20+/m1/s1. The first kappa shape index (κ1) is 16.7. The minimum absolute atomic E-state index is 0.112. The second-order valence-electron chi connectivity index (χ2n) is 7.40. The van der Waals surface area contributed by atoms with Crippen LogP contribution in [0.1, 0.15) is 32.0 Å². The topological polar surface area (TPSA) is 41.4 Å². The van der Waals surface area contributed by atoms with Crippen molar-refractivity contribution in [3.8, 4) is 0 Å². The number of amides is 1. The van der Waals surface area contributed by atoms with E-state index >= 15 is 0 Å². The number of aryl methyl sites for hydroxylation is 1. The molecule has 0 aliphatic carbocycles. The Morgan fingerprint density at radius 2 is 1.96 bits per heavy atom. The van der Waals surface area contributed by atoms with Crippen LogP contribution in [0.2, 0.25) is 0 Å². The molecule has 5 heterocycles. The van der Waals surface area contributed by atoms with Crippen LogP contribution in [0.5, 0.6) is 0 Å². The lowest BCUT2D eigenvalue weighted by Crippen LogP contribution is -2.49. The highest BCUT2D eigenvalue weighted by Crippen LogP contribution is 2.35. The fourth-order valence-corrected chi connectivity index (χ4v) is 5.30. The van der Waals surface area contributed by atoms with Crippen molar-refractivity contribution in [1.82, 2.24) is 19.4 Å². The predicted octanol–water partition coefficient (Wildman–Crippen LogP) is 3.33. The fourth-order valence-electron chi connectivity index (χ4n) is 4.36. The normalized spacial score (nSPS) is 22.1. The van der Waals surface area contributed by atoms with Crippen molar-refractivity contribution >= 4 is 17.2 Å². The molecule has 3 aromatic rings. The lowest BCUT2D eigenvalue weighted by molar-refractivity contribution is 0.0553. The monoisotopic (exact) mass is 378 g/mol. The zero-order valence-electron chi connectivity index (χ0n) is 15.3. The van der Waals surface area contributed by atoms with E-state index in [0.717, 1.165) is 31.0 Å². The SMILES string of the molecule is Cc1ccc(CN2C[C@@H]3[C@H](C2)N(Cc2ccccn2)C(=O)c2cccn23)s1. The van der Waals surface area contributed by atoms with Gasteiger partial charge in [-0.1, -0.05) is 6.07 Å². The minimum atomic E-state index is 0.112. The van der Waals surface area contributed by atoms with Crippen molar-refractivity contribution < 1.29 is 4.79 Å². The molecule has 27 heavy (non-hydrogen) atoms. The molecule has 3 aromatic heterocycles. The van der Waals surface area contributed by atoms with Gasteiger partial charge in [0, 0.05) is 41.8 Å². The number of pyridine rings is 1. The van der Waals surface area contributed by atoms with Gasteiger partial charge in [0.1, 0.15) is 5.69 Å². The van der Waals surface area contributed by atoms with Crippen LogP contribution in [0.3, 0.4) is 0 Å². The van der Waals surface area contributed by atoms with Gasteiger partial charge >= 0.3 is 0 Å². The molecule has 0 bridgehead atoms. The third kappa shape index (κ3) is 2.99. The molecule has 1 saturated heterocycles. The number of fused-ring (bicyclic) bond motifs is 3. The second-order valence-corrected chi connectivity index (χ2v) is 8.77. The largest absolute Gasteiger partial charge is 0.337 e. The summed E-state index contributed by atoms with van der Waals surface area (Å²) in [4.78, 5) is 24.8. The number of nitrogens with zero attached hydrogens (tertiary/aromatic N) is 4. The van der Waals surface area contributed by atoms with Crippen LogP contribution in [-0.4, -0.2) is 44.4 Å². The molecular weight excluding hydrogens is 356 g/mol. The summed E-state index contributed by atoms with van der Waals surface area (Å²) >= 11 is 1.86. The maximum atomic E-state index is 13.2. The Kier molecular flexibility index (Phi) is 4.10. The minimum Gasteiger partial charge on any atom is -0.337 e. The summed E-state index contributed by atoms with van der Waals surface area (Å²) in [5.41, 5.74) is 1.73. The maximum absolute atomic E-state index is 13.2. The van der Waals surface area contributed by atoms with Crippen molar-refractivity contribution in [1.29, 1.82) is 0 Å². The first-order valence-corrected chi connectivity index (χ1v) is 10.2. The Morgan fingerprint density at radius 3 is 2.74 bits per heavy atom. The van der Waals surface area contributed by atoms with Crippen LogP contribution < -0.4 is 0 Å². The molecule has 0 radical (unpaired) electrons. The van der Waals surface area contributed by atoms with E-state index in [9.17, 15) is 4.79 Å². The van der Waals surface area contributed by atoms with Gasteiger partial charge in [-0.3, -0.25) is 14.7 Å². The van der Waals surface area contributed by atoms with Gasteiger partial charge in [0.2, 0.25) is 0 Å². The number of carbonyl (C=O) groups excluding carboxylic acids is 1. The number of hydrogen-bond donors (Lipinski definition) is 0. The van der Waals surface area contributed by atoms with E-state index in [4.69, 9.17) is 0 Å². The first-order chi connectivity index (χ1) is 13.2. The van der Waals surface area contributed by atoms with Gasteiger partial charge in [-0.2, -0.15) is 0 Å². The maximum Gasteiger partial charge on any atom is 0.271 e. The van der Waals surface area contributed by atoms with Crippen molar-refractivity contribution in [3.63, 3.8) is 0 Å². The van der Waals surface area contributed by atoms with Crippen molar-refractivity contribution in [2.75, 3.05) is 13.1 Å². The lowest BCUT2D eigenvalue weighted by atomic mass is 10.1. The summed E-state index contributed by atoms with van der Waals surface area (Å²) in [5.74, 6) is 0.112. The Balaban J connectivity index is 1.43. The summed E-state index contributed by atoms with van der Waals surface area (Å²) in [6.45, 7) is 5.54. The molecule has 0 saturated carbocycles. The Labute approximate surface area is 162 Å². The molecular formula is C21H22N4OS. The molecule has 2 atom stereocenters. The predicted molar refractivity (Wildman–Crippen MR) is 106 cm³/mol. The van der Waals surface area contributed by atoms with Crippen LogP contribution in [0.15, 0.2) is 54.9 Å². The zero-order valence-corrected chi connectivity index (χ0v) is 16.1. The summed E-state index contributed by atoms with van der Waals surface area (Å²) < 4.78 is 2.18. The first-order valence-electron chi connectivity index (χ1n) is 9.34. The van der Waals surface area contributed by atoms with E-state index in [2.05, 4.69) is 39.7 Å². The van der Waals surface area contributed by atoms with Gasteiger partial charge in [0.05, 0.1) is 24.3 Å². The Morgan fingerprint density at radius 1 is 1.07 bits per heavy atom. The van der Waals surface area contributed by atoms with Crippen molar-refractivity contribution in [3.05, 3.63) is 76.0 Å². The quantitative estimate of drug-likeness (QED) is 0.699. The van der Waals surface area contributed by atoms with Crippen molar-refractivity contribution in [2.24, 2.45) is 0 Å². The van der Waals surface area contributed by atoms with Crippen LogP contribution in [0.4, 0.5) is 0 Å². The van der Waals surface area contributed by atoms with E-state index < -0.39 is 0 Å². The summed E-state index contributed by atoms with van der Waals surface area (Å²) in [7, 11) is 0. The van der Waals surface area contributed by atoms with Crippen molar-refractivity contribution in [2.45, 2.75) is 32.1 Å². The average Bonchev–Trinajstić information content (AvgIpc) is 3.39. The highest BCUT2D eigenvalue weighted by molar-refractivity contribution is 7.11. The summed E-state index contributed by atoms with van der Waals surface area (Å²) in [6.07, 6.45) is 3.85. The molecule has 138 valence electrons. The molecule has 2 aliphatic heterocycles. The third-order valence-electron chi connectivity index (χ3n) is 5.59. The van der Waals surface area contributed by atoms with E-state index in [-0.39, 0.29) is 11.9 Å². The van der Waals surface area contributed by atoms with Crippen LogP contribution in [-0.2, 0) is 13.1 Å². The molecule has 0 N–H and O–H groups in total. The smallest absolute Gasteiger partial charge is 0.271 e. The highest BCUT2D eigenvalue weighted by atomic mass is 32.1. The van der Waals surface area contributed by atoms with E-state index in [1.54, 1.807) is 6.20 Å². The summed E-state index contributed by atoms with van der Waals surface area (Å²) in [6, 6.07) is 14.7. The van der Waals surface area contributed by atoms with Gasteiger partial charge in [-0.15, -0.1) is 11.3 Å². The zero-order chi connectivity index (χ0) is 18.4. The van der Waals surface area contributed by atoms with Crippen LogP contribution >= 0.6 is 11.3 Å². The number of likely N-dealkylation sites (tertiary alicyclic amines) is 1. The van der Waals surface area contributed by atoms with E-state index in [1.807, 2.05) is 46.6 Å². The molecule has 6 heteroatoms. The van der Waals surface area contributed by atoms with E-state index in [0.29, 0.717) is 12.6 Å². The van der Waals surface area contributed by atoms with E-state index in [1.165, 1.54) is 9.75 Å². The van der Waals surface area contributed by atoms with Crippen LogP contribution in [0, 0.1) is 6.92 Å². The Bertz CT molecular complexity index is 963. The van der Waals surface area contributed by atoms with Crippen LogP contribution in [0.25, 0.3) is 0 Å². The van der Waals surface area contributed by atoms with Gasteiger partial charge in [-0.25, -0.2) is 0 Å². The van der Waals surface area contributed by atoms with Gasteiger partial charge in [-0.05, 0) is 43.3 Å². The molecule has 5 rings (SSSR count). The molecule has 1 fully saturated rings. The number of rotatable bonds is 4. The molecule has 1 amide bonds. The number of carbonyl (C=O) groups is 1. The number of thiophene rings is 1. The average molecular weight is 379 g/mol. The van der Waals surface area contributed by atoms with Gasteiger partial charge < -0.3 is 9.47 Å². The molecule has 0 unspecified atom stereocenters. The third-order valence-corrected chi connectivity index (χ3v) is 6.57. The second kappa shape index (κ2) is 6.62. The lowest BCUT2D eigenvalue weighted by Gasteiger charge is -2.38.